The van der Waals surface area contributed by atoms with Crippen molar-refractivity contribution < 1.29 is 13.5 Å². The third-order valence-corrected chi connectivity index (χ3v) is 9.06. The molecule has 0 radical (unpaired) electrons. The summed E-state index contributed by atoms with van der Waals surface area (Å²) in [7, 11) is -3.76. The number of benzene rings is 3. The third kappa shape index (κ3) is 4.84. The number of aromatic hydroxyl groups is 1. The van der Waals surface area contributed by atoms with Crippen molar-refractivity contribution in [2.24, 2.45) is 5.92 Å². The highest BCUT2D eigenvalue weighted by Gasteiger charge is 2.32. The van der Waals surface area contributed by atoms with Crippen molar-refractivity contribution in [3.63, 3.8) is 0 Å². The molecule has 5 nitrogen and oxygen atoms in total. The monoisotopic (exact) mass is 476 g/mol. The van der Waals surface area contributed by atoms with E-state index in [2.05, 4.69) is 47.8 Å². The van der Waals surface area contributed by atoms with Gasteiger partial charge in [-0.1, -0.05) is 42.5 Å². The fourth-order valence-corrected chi connectivity index (χ4v) is 6.76. The van der Waals surface area contributed by atoms with E-state index >= 15 is 0 Å². The van der Waals surface area contributed by atoms with Crippen molar-refractivity contribution in [1.29, 1.82) is 0 Å². The summed E-state index contributed by atoms with van der Waals surface area (Å²) in [4.78, 5) is -0.0310. The second-order valence-electron chi connectivity index (χ2n) is 9.78. The predicted molar refractivity (Wildman–Crippen MR) is 135 cm³/mol. The van der Waals surface area contributed by atoms with Crippen LogP contribution < -0.4 is 5.32 Å². The summed E-state index contributed by atoms with van der Waals surface area (Å²) in [6, 6.07) is 22.1. The van der Waals surface area contributed by atoms with E-state index in [4.69, 9.17) is 0 Å². The van der Waals surface area contributed by atoms with Crippen LogP contribution in [0.15, 0.2) is 71.6 Å². The Balaban J connectivity index is 1.20. The van der Waals surface area contributed by atoms with Crippen LogP contribution >= 0.6 is 0 Å². The van der Waals surface area contributed by atoms with Gasteiger partial charge in [-0.25, -0.2) is 8.42 Å². The maximum Gasteiger partial charge on any atom is 0.247 e. The first-order chi connectivity index (χ1) is 16.4. The molecule has 0 bridgehead atoms. The number of phenols is 1. The van der Waals surface area contributed by atoms with Gasteiger partial charge < -0.3 is 10.4 Å². The number of aryl methyl sites for hydroxylation is 1. The second-order valence-corrected chi connectivity index (χ2v) is 11.7. The van der Waals surface area contributed by atoms with Gasteiger partial charge in [0.05, 0.1) is 0 Å². The molecular formula is C28H32N2O3S. The summed E-state index contributed by atoms with van der Waals surface area (Å²) >= 11 is 0. The normalized spacial score (nSPS) is 20.7. The summed E-state index contributed by atoms with van der Waals surface area (Å²) in [6.45, 7) is 2.48. The number of rotatable bonds is 6. The molecule has 2 aliphatic rings. The molecule has 2 N–H and O–H groups in total. The fourth-order valence-electron chi connectivity index (χ4n) is 5.30. The van der Waals surface area contributed by atoms with E-state index in [0.717, 1.165) is 47.6 Å². The van der Waals surface area contributed by atoms with Gasteiger partial charge in [-0.15, -0.1) is 0 Å². The first kappa shape index (κ1) is 22.9. The van der Waals surface area contributed by atoms with Crippen LogP contribution in [-0.2, 0) is 29.5 Å². The number of sulfonamides is 1. The van der Waals surface area contributed by atoms with E-state index in [-0.39, 0.29) is 10.6 Å². The van der Waals surface area contributed by atoms with Gasteiger partial charge in [-0.3, -0.25) is 0 Å². The van der Waals surface area contributed by atoms with Gasteiger partial charge in [0.15, 0.2) is 0 Å². The quantitative estimate of drug-likeness (QED) is 0.485. The van der Waals surface area contributed by atoms with Crippen LogP contribution in [0.3, 0.4) is 0 Å². The van der Waals surface area contributed by atoms with E-state index in [9.17, 15) is 13.5 Å². The molecule has 1 heterocycles. The number of nitrogens with zero attached hydrogens (tertiary/aromatic N) is 1. The predicted octanol–water partition coefficient (Wildman–Crippen LogP) is 5.62. The molecule has 0 saturated heterocycles. The molecule has 5 rings (SSSR count). The van der Waals surface area contributed by atoms with E-state index in [0.29, 0.717) is 19.1 Å². The molecule has 3 aromatic rings. The number of hydrogen-bond acceptors (Lipinski definition) is 4. The van der Waals surface area contributed by atoms with E-state index in [1.807, 2.05) is 13.0 Å². The Morgan fingerprint density at radius 1 is 0.912 bits per heavy atom. The van der Waals surface area contributed by atoms with E-state index in [1.165, 1.54) is 34.8 Å². The minimum atomic E-state index is -3.76. The SMILES string of the molecule is Cc1ccc(S(=O)(=O)N2Cc3ccc(NC4CCC(Cc5ccccc5)CC4)cc3C2)c(O)c1. The highest BCUT2D eigenvalue weighted by molar-refractivity contribution is 7.89. The van der Waals surface area contributed by atoms with Crippen molar-refractivity contribution >= 4 is 15.7 Å². The largest absolute Gasteiger partial charge is 0.507 e. The van der Waals surface area contributed by atoms with Crippen molar-refractivity contribution in [2.75, 3.05) is 5.32 Å². The number of hydrogen-bond donors (Lipinski definition) is 2. The zero-order valence-corrected chi connectivity index (χ0v) is 20.4. The Morgan fingerprint density at radius 3 is 2.38 bits per heavy atom. The minimum absolute atomic E-state index is 0.0310. The van der Waals surface area contributed by atoms with Gasteiger partial charge in [-0.05, 0) is 91.5 Å². The van der Waals surface area contributed by atoms with Crippen molar-refractivity contribution in [3.05, 3.63) is 89.0 Å². The zero-order valence-electron chi connectivity index (χ0n) is 19.6. The first-order valence-electron chi connectivity index (χ1n) is 12.1. The van der Waals surface area contributed by atoms with Gasteiger partial charge >= 0.3 is 0 Å². The maximum atomic E-state index is 13.1. The lowest BCUT2D eigenvalue weighted by molar-refractivity contribution is 0.336. The molecular weight excluding hydrogens is 444 g/mol. The highest BCUT2D eigenvalue weighted by atomic mass is 32.2. The topological polar surface area (TPSA) is 69.6 Å². The second kappa shape index (κ2) is 9.43. The Hall–Kier alpha value is -2.83. The molecule has 0 atom stereocenters. The molecule has 0 aromatic heterocycles. The van der Waals surface area contributed by atoms with Gasteiger partial charge in [-0.2, -0.15) is 4.31 Å². The molecule has 34 heavy (non-hydrogen) atoms. The van der Waals surface area contributed by atoms with Crippen LogP contribution in [-0.4, -0.2) is 23.9 Å². The minimum Gasteiger partial charge on any atom is -0.507 e. The Kier molecular flexibility index (Phi) is 6.36. The van der Waals surface area contributed by atoms with Crippen molar-refractivity contribution in [3.8, 4) is 5.75 Å². The Bertz CT molecular complexity index is 1270. The zero-order chi connectivity index (χ0) is 23.7. The standard InChI is InChI=1S/C28H32N2O3S/c1-20-7-14-28(27(31)15-20)34(32,33)30-18-23-10-13-26(17-24(23)19-30)29-25-11-8-22(9-12-25)16-21-5-3-2-4-6-21/h2-7,10,13-15,17,22,25,29,31H,8-9,11-12,16,18-19H2,1H3. The molecule has 0 amide bonds. The van der Waals surface area contributed by atoms with Crippen LogP contribution in [0.5, 0.6) is 5.75 Å². The molecule has 1 aliphatic carbocycles. The lowest BCUT2D eigenvalue weighted by Crippen LogP contribution is -2.27. The lowest BCUT2D eigenvalue weighted by Gasteiger charge is -2.30. The molecule has 0 spiro atoms. The summed E-state index contributed by atoms with van der Waals surface area (Å²) in [5, 5.41) is 13.9. The average Bonchev–Trinajstić information content (AvgIpc) is 3.25. The van der Waals surface area contributed by atoms with Crippen LogP contribution in [0.25, 0.3) is 0 Å². The van der Waals surface area contributed by atoms with Crippen LogP contribution in [0.2, 0.25) is 0 Å². The van der Waals surface area contributed by atoms with Crippen molar-refractivity contribution in [1.82, 2.24) is 4.31 Å². The Labute approximate surface area is 202 Å². The molecule has 6 heteroatoms. The molecule has 0 unspecified atom stereocenters. The first-order valence-corrected chi connectivity index (χ1v) is 13.5. The lowest BCUT2D eigenvalue weighted by atomic mass is 9.82. The smallest absolute Gasteiger partial charge is 0.247 e. The number of anilines is 1. The van der Waals surface area contributed by atoms with Crippen LogP contribution in [0.1, 0.15) is 47.9 Å². The van der Waals surface area contributed by atoms with E-state index in [1.54, 1.807) is 6.07 Å². The Morgan fingerprint density at radius 2 is 1.65 bits per heavy atom. The van der Waals surface area contributed by atoms with Gasteiger partial charge in [0.25, 0.3) is 0 Å². The van der Waals surface area contributed by atoms with Gasteiger partial charge in [0, 0.05) is 24.8 Å². The van der Waals surface area contributed by atoms with Crippen LogP contribution in [0, 0.1) is 12.8 Å². The molecule has 1 saturated carbocycles. The fraction of sp³-hybridized carbons (Fsp3) is 0.357. The third-order valence-electron chi connectivity index (χ3n) is 7.22. The summed E-state index contributed by atoms with van der Waals surface area (Å²) in [6.07, 6.45) is 5.92. The van der Waals surface area contributed by atoms with Gasteiger partial charge in [0.2, 0.25) is 10.0 Å². The highest BCUT2D eigenvalue weighted by Crippen LogP contribution is 2.35. The average molecular weight is 477 g/mol. The maximum absolute atomic E-state index is 13.1. The molecule has 1 fully saturated rings. The van der Waals surface area contributed by atoms with E-state index < -0.39 is 10.0 Å². The number of fused-ring (bicyclic) bond motifs is 1. The summed E-state index contributed by atoms with van der Waals surface area (Å²) in [5.41, 5.74) is 5.36. The summed E-state index contributed by atoms with van der Waals surface area (Å²) < 4.78 is 27.7. The molecule has 3 aromatic carbocycles. The van der Waals surface area contributed by atoms with Crippen LogP contribution in [0.4, 0.5) is 5.69 Å². The molecule has 1 aliphatic heterocycles. The number of phenolic OH excluding ortho intramolecular Hbond substituents is 1. The molecule has 178 valence electrons. The number of nitrogens with one attached hydrogen (secondary N) is 1. The van der Waals surface area contributed by atoms with Crippen molar-refractivity contribution in [2.45, 2.75) is 63.1 Å². The van der Waals surface area contributed by atoms with Gasteiger partial charge in [0.1, 0.15) is 10.6 Å². The summed E-state index contributed by atoms with van der Waals surface area (Å²) in [5.74, 6) is 0.554.